The van der Waals surface area contributed by atoms with Crippen molar-refractivity contribution in [3.8, 4) is 5.75 Å². The van der Waals surface area contributed by atoms with Crippen molar-refractivity contribution < 1.29 is 14.3 Å². The molecule has 0 atom stereocenters. The number of carbonyl (C=O) groups excluding carboxylic acids is 2. The fraction of sp³-hybridized carbons (Fsp3) is 0.500. The largest absolute Gasteiger partial charge is 0.425 e. The SMILES string of the molecule is O=C(Oc1ccccc1Cl)C1CCN(C(=O)C2CC2)CC1. The summed E-state index contributed by atoms with van der Waals surface area (Å²) in [7, 11) is 0. The average Bonchev–Trinajstić information content (AvgIpc) is 3.34. The third-order valence-corrected chi connectivity index (χ3v) is 4.43. The Bertz CT molecular complexity index is 548. The van der Waals surface area contributed by atoms with Crippen LogP contribution in [0.1, 0.15) is 25.7 Å². The fourth-order valence-corrected chi connectivity index (χ4v) is 2.82. The molecule has 2 aliphatic rings. The molecule has 1 aliphatic carbocycles. The van der Waals surface area contributed by atoms with Crippen LogP contribution in [0.4, 0.5) is 0 Å². The summed E-state index contributed by atoms with van der Waals surface area (Å²) in [5.41, 5.74) is 0. The number of halogens is 1. The normalized spacial score (nSPS) is 19.4. The van der Waals surface area contributed by atoms with Crippen LogP contribution in [0.2, 0.25) is 5.02 Å². The Labute approximate surface area is 129 Å². The summed E-state index contributed by atoms with van der Waals surface area (Å²) < 4.78 is 5.37. The van der Waals surface area contributed by atoms with Gasteiger partial charge in [-0.05, 0) is 37.8 Å². The maximum absolute atomic E-state index is 12.2. The maximum atomic E-state index is 12.2. The van der Waals surface area contributed by atoms with Crippen LogP contribution in [-0.2, 0) is 9.59 Å². The minimum Gasteiger partial charge on any atom is -0.425 e. The van der Waals surface area contributed by atoms with Crippen molar-refractivity contribution in [2.75, 3.05) is 13.1 Å². The van der Waals surface area contributed by atoms with E-state index in [2.05, 4.69) is 0 Å². The first-order valence-electron chi connectivity index (χ1n) is 7.40. The van der Waals surface area contributed by atoms with Crippen molar-refractivity contribution >= 4 is 23.5 Å². The van der Waals surface area contributed by atoms with Crippen LogP contribution < -0.4 is 4.74 Å². The molecule has 0 aromatic heterocycles. The van der Waals surface area contributed by atoms with Crippen LogP contribution in [0.15, 0.2) is 24.3 Å². The second kappa shape index (κ2) is 6.06. The van der Waals surface area contributed by atoms with Crippen LogP contribution in [0.25, 0.3) is 0 Å². The third kappa shape index (κ3) is 3.38. The Kier molecular flexibility index (Phi) is 4.15. The molecule has 0 spiro atoms. The highest BCUT2D eigenvalue weighted by atomic mass is 35.5. The number of rotatable bonds is 3. The van der Waals surface area contributed by atoms with E-state index < -0.39 is 0 Å². The summed E-state index contributed by atoms with van der Waals surface area (Å²) >= 11 is 5.98. The number of para-hydroxylation sites is 1. The standard InChI is InChI=1S/C16H18ClNO3/c17-13-3-1-2-4-14(13)21-16(20)12-7-9-18(10-8-12)15(19)11-5-6-11/h1-4,11-12H,5-10H2. The van der Waals surface area contributed by atoms with Crippen LogP contribution >= 0.6 is 11.6 Å². The van der Waals surface area contributed by atoms with E-state index in [1.54, 1.807) is 24.3 Å². The lowest BCUT2D eigenvalue weighted by Gasteiger charge is -2.31. The van der Waals surface area contributed by atoms with Crippen molar-refractivity contribution in [1.82, 2.24) is 4.90 Å². The van der Waals surface area contributed by atoms with Crippen molar-refractivity contribution in [3.05, 3.63) is 29.3 Å². The molecule has 112 valence electrons. The van der Waals surface area contributed by atoms with E-state index in [1.807, 2.05) is 4.90 Å². The molecule has 3 rings (SSSR count). The van der Waals surface area contributed by atoms with Crippen molar-refractivity contribution in [3.63, 3.8) is 0 Å². The Morgan fingerprint density at radius 1 is 1.05 bits per heavy atom. The highest BCUT2D eigenvalue weighted by Gasteiger charge is 2.36. The van der Waals surface area contributed by atoms with Crippen LogP contribution in [-0.4, -0.2) is 29.9 Å². The summed E-state index contributed by atoms with van der Waals surface area (Å²) in [6.45, 7) is 1.30. The van der Waals surface area contributed by atoms with Crippen molar-refractivity contribution in [1.29, 1.82) is 0 Å². The molecule has 1 saturated heterocycles. The quantitative estimate of drug-likeness (QED) is 0.637. The molecule has 1 amide bonds. The van der Waals surface area contributed by atoms with Crippen LogP contribution in [0.3, 0.4) is 0 Å². The predicted octanol–water partition coefficient (Wildman–Crippen LogP) is 2.89. The second-order valence-corrected chi connectivity index (χ2v) is 6.13. The molecule has 2 fully saturated rings. The lowest BCUT2D eigenvalue weighted by Crippen LogP contribution is -2.41. The number of hydrogen-bond donors (Lipinski definition) is 0. The molecule has 1 aromatic carbocycles. The number of nitrogens with zero attached hydrogens (tertiary/aromatic N) is 1. The Hall–Kier alpha value is -1.55. The summed E-state index contributed by atoms with van der Waals surface area (Å²) in [6, 6.07) is 6.96. The molecule has 5 heteroatoms. The van der Waals surface area contributed by atoms with E-state index in [4.69, 9.17) is 16.3 Å². The van der Waals surface area contributed by atoms with Gasteiger partial charge in [0.1, 0.15) is 5.75 Å². The van der Waals surface area contributed by atoms with Crippen molar-refractivity contribution in [2.45, 2.75) is 25.7 Å². The van der Waals surface area contributed by atoms with Crippen LogP contribution in [0.5, 0.6) is 5.75 Å². The highest BCUT2D eigenvalue weighted by Crippen LogP contribution is 2.33. The first kappa shape index (κ1) is 14.4. The molecular weight excluding hydrogens is 290 g/mol. The first-order chi connectivity index (χ1) is 10.1. The number of benzene rings is 1. The maximum Gasteiger partial charge on any atom is 0.314 e. The van der Waals surface area contributed by atoms with E-state index >= 15 is 0 Å². The third-order valence-electron chi connectivity index (χ3n) is 4.11. The predicted molar refractivity (Wildman–Crippen MR) is 79.1 cm³/mol. The number of ether oxygens (including phenoxy) is 1. The monoisotopic (exact) mass is 307 g/mol. The Morgan fingerprint density at radius 2 is 1.71 bits per heavy atom. The first-order valence-corrected chi connectivity index (χ1v) is 7.78. The van der Waals surface area contributed by atoms with E-state index in [0.717, 1.165) is 12.8 Å². The van der Waals surface area contributed by atoms with Gasteiger partial charge >= 0.3 is 5.97 Å². The van der Waals surface area contributed by atoms with Gasteiger partial charge in [-0.3, -0.25) is 9.59 Å². The molecule has 0 unspecified atom stereocenters. The number of amides is 1. The molecule has 0 N–H and O–H groups in total. The van der Waals surface area contributed by atoms with Gasteiger partial charge in [0.05, 0.1) is 10.9 Å². The second-order valence-electron chi connectivity index (χ2n) is 5.73. The zero-order valence-corrected chi connectivity index (χ0v) is 12.5. The number of carbonyl (C=O) groups is 2. The summed E-state index contributed by atoms with van der Waals surface area (Å²) in [5, 5.41) is 0.437. The zero-order chi connectivity index (χ0) is 14.8. The van der Waals surface area contributed by atoms with Gasteiger partial charge in [0.2, 0.25) is 5.91 Å². The van der Waals surface area contributed by atoms with Crippen molar-refractivity contribution in [2.24, 2.45) is 11.8 Å². The number of piperidine rings is 1. The van der Waals surface area contributed by atoms with E-state index in [1.165, 1.54) is 0 Å². The molecule has 1 saturated carbocycles. The summed E-state index contributed by atoms with van der Waals surface area (Å²) in [5.74, 6) is 0.511. The zero-order valence-electron chi connectivity index (χ0n) is 11.8. The smallest absolute Gasteiger partial charge is 0.314 e. The van der Waals surface area contributed by atoms with Gasteiger partial charge in [-0.2, -0.15) is 0 Å². The van der Waals surface area contributed by atoms with Gasteiger partial charge in [-0.25, -0.2) is 0 Å². The molecule has 1 heterocycles. The van der Waals surface area contributed by atoms with Crippen LogP contribution in [0, 0.1) is 11.8 Å². The number of likely N-dealkylation sites (tertiary alicyclic amines) is 1. The lowest BCUT2D eigenvalue weighted by atomic mass is 9.96. The van der Waals surface area contributed by atoms with Gasteiger partial charge in [0, 0.05) is 19.0 Å². The lowest BCUT2D eigenvalue weighted by molar-refractivity contribution is -0.143. The van der Waals surface area contributed by atoms with E-state index in [0.29, 0.717) is 36.7 Å². The number of esters is 1. The molecular formula is C16H18ClNO3. The number of hydrogen-bond acceptors (Lipinski definition) is 3. The molecule has 4 nitrogen and oxygen atoms in total. The van der Waals surface area contributed by atoms with Gasteiger partial charge < -0.3 is 9.64 Å². The van der Waals surface area contributed by atoms with Gasteiger partial charge in [-0.1, -0.05) is 23.7 Å². The molecule has 21 heavy (non-hydrogen) atoms. The minimum absolute atomic E-state index is 0.149. The van der Waals surface area contributed by atoms with Gasteiger partial charge in [-0.15, -0.1) is 0 Å². The fourth-order valence-electron chi connectivity index (χ4n) is 2.64. The topological polar surface area (TPSA) is 46.6 Å². The minimum atomic E-state index is -0.248. The van der Waals surface area contributed by atoms with E-state index in [9.17, 15) is 9.59 Å². The van der Waals surface area contributed by atoms with Gasteiger partial charge in [0.25, 0.3) is 0 Å². The molecule has 0 bridgehead atoms. The Balaban J connectivity index is 1.53. The molecule has 1 aliphatic heterocycles. The summed E-state index contributed by atoms with van der Waals surface area (Å²) in [6.07, 6.45) is 3.38. The Morgan fingerprint density at radius 3 is 2.33 bits per heavy atom. The summed E-state index contributed by atoms with van der Waals surface area (Å²) in [4.78, 5) is 26.0. The average molecular weight is 308 g/mol. The van der Waals surface area contributed by atoms with E-state index in [-0.39, 0.29) is 23.7 Å². The molecule has 1 aromatic rings. The highest BCUT2D eigenvalue weighted by molar-refractivity contribution is 6.32. The molecule has 0 radical (unpaired) electrons. The van der Waals surface area contributed by atoms with Gasteiger partial charge in [0.15, 0.2) is 0 Å².